The molecular formula is C40H43N5O8S. The molecule has 3 aromatic carbocycles. The van der Waals surface area contributed by atoms with E-state index in [2.05, 4.69) is 22.1 Å². The van der Waals surface area contributed by atoms with E-state index in [4.69, 9.17) is 14.2 Å². The SMILES string of the molecule is C=C1CCC(N2C(=O)c3ccc(OCCCCCN4CCC(O[C@H]5C[C@H](Oc6ccc7c(c6)Sc6cc([N+](=O)[O-])ccc6N7)C5)CC4)cc3C2=O)C(=O)N1. The van der Waals surface area contributed by atoms with E-state index in [9.17, 15) is 24.5 Å². The zero-order chi connectivity index (χ0) is 37.3. The number of rotatable bonds is 13. The second kappa shape index (κ2) is 15.4. The maximum Gasteiger partial charge on any atom is 0.270 e. The highest BCUT2D eigenvalue weighted by Gasteiger charge is 2.44. The summed E-state index contributed by atoms with van der Waals surface area (Å²) in [5, 5.41) is 17.2. The lowest BCUT2D eigenvalue weighted by atomic mass is 9.91. The van der Waals surface area contributed by atoms with Gasteiger partial charge in [0.2, 0.25) is 5.91 Å². The van der Waals surface area contributed by atoms with E-state index in [0.29, 0.717) is 36.5 Å². The first-order chi connectivity index (χ1) is 26.2. The van der Waals surface area contributed by atoms with Gasteiger partial charge < -0.3 is 29.7 Å². The number of fused-ring (bicyclic) bond motifs is 3. The first-order valence-electron chi connectivity index (χ1n) is 18.7. The molecule has 282 valence electrons. The number of piperidine rings is 2. The van der Waals surface area contributed by atoms with Crippen molar-refractivity contribution in [2.45, 2.75) is 91.9 Å². The number of anilines is 2. The smallest absolute Gasteiger partial charge is 0.270 e. The quantitative estimate of drug-likeness (QED) is 0.0640. The predicted molar refractivity (Wildman–Crippen MR) is 202 cm³/mol. The third kappa shape index (κ3) is 7.68. The summed E-state index contributed by atoms with van der Waals surface area (Å²) in [7, 11) is 0. The number of ether oxygens (including phenoxy) is 3. The first kappa shape index (κ1) is 36.1. The Kier molecular flexibility index (Phi) is 10.3. The Morgan fingerprint density at radius 3 is 2.33 bits per heavy atom. The van der Waals surface area contributed by atoms with Crippen molar-refractivity contribution >= 4 is 46.5 Å². The normalized spacial score (nSPS) is 22.4. The molecule has 13 nitrogen and oxygen atoms in total. The number of carbonyl (C=O) groups excluding carboxylic acids is 3. The van der Waals surface area contributed by atoms with Crippen molar-refractivity contribution in [1.82, 2.24) is 15.1 Å². The van der Waals surface area contributed by atoms with Crippen molar-refractivity contribution in [3.05, 3.63) is 88.1 Å². The van der Waals surface area contributed by atoms with Crippen molar-refractivity contribution in [1.29, 1.82) is 0 Å². The highest BCUT2D eigenvalue weighted by atomic mass is 32.2. The minimum absolute atomic E-state index is 0.0771. The van der Waals surface area contributed by atoms with Crippen molar-refractivity contribution in [2.24, 2.45) is 0 Å². The van der Waals surface area contributed by atoms with Gasteiger partial charge in [-0.25, -0.2) is 0 Å². The number of amides is 3. The van der Waals surface area contributed by atoms with E-state index in [-0.39, 0.29) is 40.4 Å². The van der Waals surface area contributed by atoms with E-state index in [1.165, 1.54) is 17.8 Å². The van der Waals surface area contributed by atoms with Gasteiger partial charge in [-0.15, -0.1) is 0 Å². The topological polar surface area (TPSA) is 153 Å². The number of nitro groups is 1. The number of non-ortho nitro benzene ring substituents is 1. The third-order valence-corrected chi connectivity index (χ3v) is 11.9. The molecule has 3 fully saturated rings. The van der Waals surface area contributed by atoms with Crippen LogP contribution in [0.3, 0.4) is 0 Å². The number of nitrogens with zero attached hydrogens (tertiary/aromatic N) is 3. The summed E-state index contributed by atoms with van der Waals surface area (Å²) in [6.07, 6.45) is 8.27. The highest BCUT2D eigenvalue weighted by Crippen LogP contribution is 2.47. The molecule has 1 saturated carbocycles. The Bertz CT molecular complexity index is 1990. The van der Waals surface area contributed by atoms with Crippen LogP contribution in [-0.2, 0) is 9.53 Å². The van der Waals surface area contributed by atoms with Gasteiger partial charge >= 0.3 is 0 Å². The number of nitrogens with one attached hydrogen (secondary N) is 2. The lowest BCUT2D eigenvalue weighted by molar-refractivity contribution is -0.385. The number of benzene rings is 3. The summed E-state index contributed by atoms with van der Waals surface area (Å²) in [5.74, 6) is 0.0582. The van der Waals surface area contributed by atoms with Crippen molar-refractivity contribution in [3.63, 3.8) is 0 Å². The van der Waals surface area contributed by atoms with Crippen LogP contribution in [0.2, 0.25) is 0 Å². The fourth-order valence-corrected chi connectivity index (χ4v) is 8.77. The van der Waals surface area contributed by atoms with Gasteiger partial charge in [0.05, 0.1) is 46.2 Å². The molecule has 14 heteroatoms. The van der Waals surface area contributed by atoms with E-state index in [1.54, 1.807) is 30.3 Å². The number of allylic oxidation sites excluding steroid dienone is 1. The number of carbonyl (C=O) groups is 3. The molecule has 3 amide bonds. The first-order valence-corrected chi connectivity index (χ1v) is 19.6. The molecule has 4 heterocycles. The molecule has 0 spiro atoms. The van der Waals surface area contributed by atoms with E-state index in [1.807, 2.05) is 18.2 Å². The van der Waals surface area contributed by atoms with Gasteiger partial charge in [-0.2, -0.15) is 0 Å². The number of unbranched alkanes of at least 4 members (excludes halogenated alkanes) is 2. The molecule has 0 radical (unpaired) electrons. The molecule has 0 bridgehead atoms. The number of nitro benzene ring substituents is 1. The summed E-state index contributed by atoms with van der Waals surface area (Å²) in [6.45, 7) is 7.37. The molecule has 8 rings (SSSR count). The van der Waals surface area contributed by atoms with Crippen LogP contribution in [-0.4, -0.2) is 83.0 Å². The number of likely N-dealkylation sites (tertiary alicyclic amines) is 1. The predicted octanol–water partition coefficient (Wildman–Crippen LogP) is 6.83. The van der Waals surface area contributed by atoms with Crippen molar-refractivity contribution < 1.29 is 33.5 Å². The molecule has 1 aliphatic carbocycles. The molecule has 2 N–H and O–H groups in total. The molecule has 3 aromatic rings. The number of imide groups is 1. The van der Waals surface area contributed by atoms with Gasteiger partial charge in [-0.05, 0) is 94.0 Å². The Hall–Kier alpha value is -4.92. The lowest BCUT2D eigenvalue weighted by Crippen LogP contribution is -2.51. The Morgan fingerprint density at radius 1 is 0.815 bits per heavy atom. The largest absolute Gasteiger partial charge is 0.494 e. The zero-order valence-electron chi connectivity index (χ0n) is 29.9. The third-order valence-electron chi connectivity index (χ3n) is 10.8. The van der Waals surface area contributed by atoms with Gasteiger partial charge in [-0.1, -0.05) is 18.3 Å². The molecule has 1 atom stereocenters. The summed E-state index contributed by atoms with van der Waals surface area (Å²) in [5.41, 5.74) is 3.08. The second-order valence-electron chi connectivity index (χ2n) is 14.6. The van der Waals surface area contributed by atoms with E-state index >= 15 is 0 Å². The summed E-state index contributed by atoms with van der Waals surface area (Å²) in [4.78, 5) is 54.7. The minimum Gasteiger partial charge on any atom is -0.494 e. The summed E-state index contributed by atoms with van der Waals surface area (Å²) < 4.78 is 18.6. The molecule has 54 heavy (non-hydrogen) atoms. The molecular weight excluding hydrogens is 711 g/mol. The van der Waals surface area contributed by atoms with Gasteiger partial charge in [0, 0.05) is 53.6 Å². The molecule has 2 saturated heterocycles. The van der Waals surface area contributed by atoms with Crippen molar-refractivity contribution in [2.75, 3.05) is 31.6 Å². The number of hydrogen-bond donors (Lipinski definition) is 2. The zero-order valence-corrected chi connectivity index (χ0v) is 30.7. The van der Waals surface area contributed by atoms with Crippen LogP contribution in [0.25, 0.3) is 0 Å². The van der Waals surface area contributed by atoms with Crippen LogP contribution in [0, 0.1) is 10.1 Å². The van der Waals surface area contributed by atoms with Gasteiger partial charge in [0.25, 0.3) is 17.5 Å². The van der Waals surface area contributed by atoms with Crippen LogP contribution in [0.4, 0.5) is 17.1 Å². The van der Waals surface area contributed by atoms with Gasteiger partial charge in [-0.3, -0.25) is 29.4 Å². The van der Waals surface area contributed by atoms with Crippen LogP contribution in [0.15, 0.2) is 76.7 Å². The van der Waals surface area contributed by atoms with E-state index < -0.39 is 17.9 Å². The lowest BCUT2D eigenvalue weighted by Gasteiger charge is -2.40. The Balaban J connectivity index is 0.696. The summed E-state index contributed by atoms with van der Waals surface area (Å²) >= 11 is 1.51. The van der Waals surface area contributed by atoms with Crippen molar-refractivity contribution in [3.8, 4) is 11.5 Å². The van der Waals surface area contributed by atoms with Crippen LogP contribution in [0.5, 0.6) is 11.5 Å². The fraction of sp³-hybridized carbons (Fsp3) is 0.425. The van der Waals surface area contributed by atoms with Crippen LogP contribution in [0.1, 0.15) is 78.5 Å². The van der Waals surface area contributed by atoms with Crippen LogP contribution < -0.4 is 20.1 Å². The standard InChI is InChI=1S/C40H43N5O8S/c1-24-5-12-35(38(46)41-24)44-39(47)31-9-7-27(22-32(31)40(44)48)51-18-4-2-3-15-43-16-13-26(14-17-43)52-29-20-30(21-29)53-28-8-11-34-37(23-28)54-36-19-25(45(49)50)6-10-33(36)42-34/h6-11,19,22-23,26,29-30,35,42H,1-5,12-18,20-21H2,(H,41,46)/t29-,30-,35?. The monoisotopic (exact) mass is 753 g/mol. The molecule has 1 unspecified atom stereocenters. The average Bonchev–Trinajstić information content (AvgIpc) is 3.39. The maximum absolute atomic E-state index is 13.1. The number of hydrogen-bond acceptors (Lipinski definition) is 11. The molecule has 4 aliphatic heterocycles. The second-order valence-corrected chi connectivity index (χ2v) is 15.7. The average molecular weight is 754 g/mol. The van der Waals surface area contributed by atoms with Gasteiger partial charge in [0.1, 0.15) is 23.6 Å². The van der Waals surface area contributed by atoms with Crippen LogP contribution >= 0.6 is 11.8 Å². The maximum atomic E-state index is 13.1. The molecule has 5 aliphatic rings. The molecule has 0 aromatic heterocycles. The summed E-state index contributed by atoms with van der Waals surface area (Å²) in [6, 6.07) is 14.9. The minimum atomic E-state index is -0.828. The Morgan fingerprint density at radius 2 is 1.56 bits per heavy atom. The Labute approximate surface area is 317 Å². The fourth-order valence-electron chi connectivity index (χ4n) is 7.72. The van der Waals surface area contributed by atoms with E-state index in [0.717, 1.165) is 96.4 Å². The highest BCUT2D eigenvalue weighted by molar-refractivity contribution is 7.99. The van der Waals surface area contributed by atoms with Gasteiger partial charge in [0.15, 0.2) is 0 Å².